The van der Waals surface area contributed by atoms with Crippen molar-refractivity contribution in [3.8, 4) is 0 Å². The van der Waals surface area contributed by atoms with Crippen LogP contribution in [0.4, 0.5) is 13.2 Å². The zero-order chi connectivity index (χ0) is 21.2. The lowest BCUT2D eigenvalue weighted by Gasteiger charge is -2.28. The molecule has 2 heterocycles. The largest absolute Gasteiger partial charge is 0.391 e. The van der Waals surface area contributed by atoms with E-state index in [0.29, 0.717) is 30.5 Å². The minimum Gasteiger partial charge on any atom is -0.389 e. The van der Waals surface area contributed by atoms with E-state index in [1.54, 1.807) is 6.07 Å². The van der Waals surface area contributed by atoms with Crippen molar-refractivity contribution in [1.82, 2.24) is 14.5 Å². The topological polar surface area (TPSA) is 68.0 Å². The van der Waals surface area contributed by atoms with E-state index < -0.39 is 24.6 Å². The molecule has 0 amide bonds. The SMILES string of the molecule is CC(O)(CC(=O)CCCCc1nc2ccc(Cl)nc2n1C1CCC1)CC(F)(F)F. The molecule has 0 radical (unpaired) electrons. The van der Waals surface area contributed by atoms with Crippen molar-refractivity contribution in [2.24, 2.45) is 0 Å². The number of unbranched alkanes of at least 4 members (excludes halogenated alkanes) is 1. The molecular formula is C20H25ClF3N3O2. The second-order valence-corrected chi connectivity index (χ2v) is 8.56. The van der Waals surface area contributed by atoms with Gasteiger partial charge in [-0.15, -0.1) is 0 Å². The molecule has 0 saturated heterocycles. The molecule has 1 aliphatic rings. The van der Waals surface area contributed by atoms with E-state index in [-0.39, 0.29) is 12.2 Å². The van der Waals surface area contributed by atoms with Crippen molar-refractivity contribution in [2.75, 3.05) is 0 Å². The van der Waals surface area contributed by atoms with Gasteiger partial charge in [0, 0.05) is 25.3 Å². The maximum Gasteiger partial charge on any atom is 0.391 e. The first-order valence-corrected chi connectivity index (χ1v) is 10.3. The molecule has 2 aromatic heterocycles. The molecule has 1 atom stereocenters. The number of ketones is 1. The lowest BCUT2D eigenvalue weighted by Crippen LogP contribution is -2.33. The quantitative estimate of drug-likeness (QED) is 0.438. The molecule has 9 heteroatoms. The number of hydrogen-bond acceptors (Lipinski definition) is 4. The lowest BCUT2D eigenvalue weighted by atomic mass is 9.92. The zero-order valence-electron chi connectivity index (χ0n) is 16.3. The Hall–Kier alpha value is -1.67. The van der Waals surface area contributed by atoms with Crippen LogP contribution in [0.2, 0.25) is 5.15 Å². The number of alkyl halides is 3. The number of hydrogen-bond donors (Lipinski definition) is 1. The first-order chi connectivity index (χ1) is 13.5. The second kappa shape index (κ2) is 8.60. The normalized spacial score (nSPS) is 17.3. The third kappa shape index (κ3) is 5.92. The fraction of sp³-hybridized carbons (Fsp3) is 0.650. The monoisotopic (exact) mass is 431 g/mol. The molecule has 0 bridgehead atoms. The van der Waals surface area contributed by atoms with E-state index in [2.05, 4.69) is 14.5 Å². The van der Waals surface area contributed by atoms with Crippen LogP contribution >= 0.6 is 11.6 Å². The van der Waals surface area contributed by atoms with Gasteiger partial charge in [-0.05, 0) is 51.2 Å². The van der Waals surface area contributed by atoms with Crippen LogP contribution in [0, 0.1) is 0 Å². The minimum atomic E-state index is -4.50. The minimum absolute atomic E-state index is 0.141. The molecule has 29 heavy (non-hydrogen) atoms. The molecule has 1 saturated carbocycles. The maximum atomic E-state index is 12.5. The third-order valence-corrected chi connectivity index (χ3v) is 5.49. The van der Waals surface area contributed by atoms with Gasteiger partial charge in [-0.25, -0.2) is 9.97 Å². The van der Waals surface area contributed by atoms with E-state index in [0.717, 1.165) is 43.2 Å². The van der Waals surface area contributed by atoms with Crippen LogP contribution in [0.15, 0.2) is 12.1 Å². The van der Waals surface area contributed by atoms with Crippen LogP contribution in [-0.4, -0.2) is 37.2 Å². The van der Waals surface area contributed by atoms with Crippen molar-refractivity contribution < 1.29 is 23.1 Å². The van der Waals surface area contributed by atoms with Crippen molar-refractivity contribution >= 4 is 28.5 Å². The number of aromatic nitrogens is 3. The summed E-state index contributed by atoms with van der Waals surface area (Å²) in [7, 11) is 0. The molecule has 1 N–H and O–H groups in total. The smallest absolute Gasteiger partial charge is 0.389 e. The zero-order valence-corrected chi connectivity index (χ0v) is 17.1. The van der Waals surface area contributed by atoms with Gasteiger partial charge in [-0.3, -0.25) is 4.79 Å². The van der Waals surface area contributed by atoms with Gasteiger partial charge in [-0.1, -0.05) is 11.6 Å². The summed E-state index contributed by atoms with van der Waals surface area (Å²) in [5, 5.41) is 10.2. The molecule has 1 fully saturated rings. The highest BCUT2D eigenvalue weighted by Crippen LogP contribution is 2.36. The highest BCUT2D eigenvalue weighted by Gasteiger charge is 2.39. The van der Waals surface area contributed by atoms with Crippen LogP contribution in [0.3, 0.4) is 0 Å². The number of pyridine rings is 1. The van der Waals surface area contributed by atoms with E-state index in [4.69, 9.17) is 11.6 Å². The number of rotatable bonds is 9. The van der Waals surface area contributed by atoms with Crippen molar-refractivity contribution in [3.63, 3.8) is 0 Å². The van der Waals surface area contributed by atoms with Gasteiger partial charge >= 0.3 is 6.18 Å². The van der Waals surface area contributed by atoms with Crippen molar-refractivity contribution in [1.29, 1.82) is 0 Å². The lowest BCUT2D eigenvalue weighted by molar-refractivity contribution is -0.174. The summed E-state index contributed by atoms with van der Waals surface area (Å²) in [6, 6.07) is 3.91. The van der Waals surface area contributed by atoms with Crippen LogP contribution in [0.1, 0.15) is 70.2 Å². The van der Waals surface area contributed by atoms with E-state index in [9.17, 15) is 23.1 Å². The molecule has 160 valence electrons. The van der Waals surface area contributed by atoms with E-state index in [1.807, 2.05) is 6.07 Å². The first kappa shape index (κ1) is 22.0. The van der Waals surface area contributed by atoms with Crippen LogP contribution in [-0.2, 0) is 11.2 Å². The van der Waals surface area contributed by atoms with Gasteiger partial charge in [0.2, 0.25) is 0 Å². The van der Waals surface area contributed by atoms with Gasteiger partial charge in [0.1, 0.15) is 22.3 Å². The molecule has 0 aromatic carbocycles. The number of imidazole rings is 1. The third-order valence-electron chi connectivity index (χ3n) is 5.28. The van der Waals surface area contributed by atoms with E-state index >= 15 is 0 Å². The average Bonchev–Trinajstić information content (AvgIpc) is 2.85. The van der Waals surface area contributed by atoms with Crippen molar-refractivity contribution in [3.05, 3.63) is 23.1 Å². The van der Waals surface area contributed by atoms with Gasteiger partial charge in [-0.2, -0.15) is 13.2 Å². The number of carbonyl (C=O) groups is 1. The standard InChI is InChI=1S/C20H25ClF3N3O2/c1-19(29,12-20(22,23)24)11-14(28)7-2-3-8-17-25-15-9-10-16(21)26-18(15)27(17)13-5-4-6-13/h9-10,13,29H,2-8,11-12H2,1H3. The van der Waals surface area contributed by atoms with Gasteiger partial charge in [0.15, 0.2) is 5.65 Å². The number of Topliss-reactive ketones (excluding diaryl/α,β-unsaturated/α-hetero) is 1. The van der Waals surface area contributed by atoms with Crippen LogP contribution in [0.25, 0.3) is 11.2 Å². The van der Waals surface area contributed by atoms with Crippen molar-refractivity contribution in [2.45, 2.75) is 82.5 Å². The second-order valence-electron chi connectivity index (χ2n) is 8.17. The summed E-state index contributed by atoms with van der Waals surface area (Å²) >= 11 is 6.04. The molecule has 0 aliphatic heterocycles. The Kier molecular flexibility index (Phi) is 6.53. The van der Waals surface area contributed by atoms with Crippen LogP contribution < -0.4 is 0 Å². The average molecular weight is 432 g/mol. The molecule has 1 aliphatic carbocycles. The fourth-order valence-corrected chi connectivity index (χ4v) is 3.96. The molecule has 5 nitrogen and oxygen atoms in total. The number of aryl methyl sites for hydroxylation is 1. The maximum absolute atomic E-state index is 12.5. The summed E-state index contributed by atoms with van der Waals surface area (Å²) in [4.78, 5) is 21.1. The molecule has 0 spiro atoms. The molecular weight excluding hydrogens is 407 g/mol. The summed E-state index contributed by atoms with van der Waals surface area (Å²) in [6.45, 7) is 1.05. The number of carbonyl (C=O) groups excluding carboxylic acids is 1. The highest BCUT2D eigenvalue weighted by molar-refractivity contribution is 6.29. The Morgan fingerprint density at radius 3 is 2.62 bits per heavy atom. The molecule has 1 unspecified atom stereocenters. The number of fused-ring (bicyclic) bond motifs is 1. The van der Waals surface area contributed by atoms with Gasteiger partial charge in [0.05, 0.1) is 12.0 Å². The summed E-state index contributed by atoms with van der Waals surface area (Å²) < 4.78 is 39.5. The Labute approximate surface area is 172 Å². The van der Waals surface area contributed by atoms with Gasteiger partial charge < -0.3 is 9.67 Å². The molecule has 3 rings (SSSR count). The summed E-state index contributed by atoms with van der Waals surface area (Å²) in [5.74, 6) is 0.538. The van der Waals surface area contributed by atoms with Crippen LogP contribution in [0.5, 0.6) is 0 Å². The molecule has 2 aromatic rings. The predicted octanol–water partition coefficient (Wildman–Crippen LogP) is 5.19. The Balaban J connectivity index is 1.55. The Bertz CT molecular complexity index is 876. The van der Waals surface area contributed by atoms with Gasteiger partial charge in [0.25, 0.3) is 0 Å². The first-order valence-electron chi connectivity index (χ1n) is 9.88. The summed E-state index contributed by atoms with van der Waals surface area (Å²) in [6.07, 6.45) is -1.07. The number of nitrogens with zero attached hydrogens (tertiary/aromatic N) is 3. The Morgan fingerprint density at radius 1 is 1.28 bits per heavy atom. The summed E-state index contributed by atoms with van der Waals surface area (Å²) in [5.41, 5.74) is -0.495. The number of halogens is 4. The fourth-order valence-electron chi connectivity index (χ4n) is 3.82. The Morgan fingerprint density at radius 2 is 2.00 bits per heavy atom. The highest BCUT2D eigenvalue weighted by atomic mass is 35.5. The number of aliphatic hydroxyl groups is 1. The predicted molar refractivity (Wildman–Crippen MR) is 104 cm³/mol. The van der Waals surface area contributed by atoms with E-state index in [1.165, 1.54) is 0 Å².